The molecule has 4 bridgehead atoms. The maximum atomic E-state index is 14.4. The van der Waals surface area contributed by atoms with Gasteiger partial charge in [-0.1, -0.05) is 0 Å². The molecule has 0 N–H and O–H groups in total. The van der Waals surface area contributed by atoms with E-state index in [4.69, 9.17) is 4.74 Å². The van der Waals surface area contributed by atoms with Crippen LogP contribution in [0.5, 0.6) is 5.75 Å². The molecule has 0 saturated heterocycles. The van der Waals surface area contributed by atoms with Crippen LogP contribution in [0.4, 0.5) is 4.39 Å². The van der Waals surface area contributed by atoms with Crippen molar-refractivity contribution in [2.24, 2.45) is 29.1 Å². The molecular formula is C23H26FNO2. The molecule has 0 aliphatic heterocycles. The fourth-order valence-electron chi connectivity index (χ4n) is 6.35. The second-order valence-electron chi connectivity index (χ2n) is 9.45. The lowest BCUT2D eigenvalue weighted by Gasteiger charge is -2.58. The smallest absolute Gasteiger partial charge is 0.162 e. The van der Waals surface area contributed by atoms with Crippen LogP contribution in [0, 0.1) is 46.2 Å². The highest BCUT2D eigenvalue weighted by Gasteiger charge is 2.58. The van der Waals surface area contributed by atoms with Crippen LogP contribution in [0.25, 0.3) is 0 Å². The summed E-state index contributed by atoms with van der Waals surface area (Å²) in [4.78, 5) is 11.7. The van der Waals surface area contributed by atoms with Crippen molar-refractivity contribution in [1.29, 1.82) is 5.26 Å². The van der Waals surface area contributed by atoms with Gasteiger partial charge in [0.1, 0.15) is 18.2 Å². The van der Waals surface area contributed by atoms with Gasteiger partial charge in [0.15, 0.2) is 5.78 Å². The van der Waals surface area contributed by atoms with Gasteiger partial charge in [0, 0.05) is 6.07 Å². The zero-order valence-corrected chi connectivity index (χ0v) is 15.8. The molecule has 1 aromatic rings. The van der Waals surface area contributed by atoms with Crippen LogP contribution in [0.15, 0.2) is 12.1 Å². The van der Waals surface area contributed by atoms with E-state index >= 15 is 0 Å². The molecule has 4 heteroatoms. The minimum Gasteiger partial charge on any atom is -0.491 e. The van der Waals surface area contributed by atoms with Crippen molar-refractivity contribution in [3.05, 3.63) is 29.1 Å². The van der Waals surface area contributed by atoms with E-state index in [0.717, 1.165) is 55.9 Å². The lowest BCUT2D eigenvalue weighted by atomic mass is 9.46. The first-order chi connectivity index (χ1) is 13.0. The molecule has 0 amide bonds. The molecule has 1 aromatic carbocycles. The lowest BCUT2D eigenvalue weighted by molar-refractivity contribution is -0.0943. The molecule has 0 spiro atoms. The summed E-state index contributed by atoms with van der Waals surface area (Å²) >= 11 is 0. The summed E-state index contributed by atoms with van der Waals surface area (Å²) < 4.78 is 20.6. The normalized spacial score (nSPS) is 36.5. The summed E-state index contributed by atoms with van der Waals surface area (Å²) in [6.45, 7) is 1.76. The Hall–Kier alpha value is -1.89. The van der Waals surface area contributed by atoms with E-state index in [1.165, 1.54) is 19.4 Å². The number of rotatable bonds is 5. The third kappa shape index (κ3) is 2.70. The third-order valence-electron chi connectivity index (χ3n) is 7.77. The summed E-state index contributed by atoms with van der Waals surface area (Å²) in [5, 5.41) is 10.1. The zero-order chi connectivity index (χ0) is 18.8. The van der Waals surface area contributed by atoms with Gasteiger partial charge in [-0.3, -0.25) is 4.79 Å². The molecule has 27 heavy (non-hydrogen) atoms. The van der Waals surface area contributed by atoms with E-state index in [2.05, 4.69) is 6.07 Å². The number of ether oxygens (including phenoxy) is 1. The largest absolute Gasteiger partial charge is 0.491 e. The molecule has 0 atom stereocenters. The monoisotopic (exact) mass is 367 g/mol. The van der Waals surface area contributed by atoms with Crippen LogP contribution in [0.1, 0.15) is 73.7 Å². The molecule has 0 unspecified atom stereocenters. The maximum absolute atomic E-state index is 14.4. The average molecular weight is 367 g/mol. The molecule has 5 aliphatic rings. The second kappa shape index (κ2) is 6.06. The Balaban J connectivity index is 1.43. The Kier molecular flexibility index (Phi) is 3.86. The van der Waals surface area contributed by atoms with Crippen molar-refractivity contribution in [1.82, 2.24) is 0 Å². The number of ketones is 1. The summed E-state index contributed by atoms with van der Waals surface area (Å²) in [6.07, 6.45) is 8.05. The SMILES string of the molecule is CC(=O)c1cc(C2CC2)c(OCC2(C#N)C3CC4CC(C3)CC2C4)cc1F. The van der Waals surface area contributed by atoms with Crippen LogP contribution in [0.3, 0.4) is 0 Å². The number of nitrogens with zero attached hydrogens (tertiary/aromatic N) is 1. The standard InChI is InChI=1S/C23H26FNO2/c1-13(26)19-9-20(16-2-3-16)22(10-21(19)24)27-12-23(11-25)17-5-14-4-15(7-17)8-18(23)6-14/h9-10,14-18H,2-8,12H2,1H3. The van der Waals surface area contributed by atoms with Gasteiger partial charge in [0.05, 0.1) is 17.0 Å². The van der Waals surface area contributed by atoms with E-state index < -0.39 is 11.2 Å². The Morgan fingerprint density at radius 3 is 2.33 bits per heavy atom. The molecule has 0 radical (unpaired) electrons. The second-order valence-corrected chi connectivity index (χ2v) is 9.45. The number of benzene rings is 1. The van der Waals surface area contributed by atoms with E-state index in [0.29, 0.717) is 30.1 Å². The average Bonchev–Trinajstić information content (AvgIpc) is 3.46. The Labute approximate surface area is 159 Å². The number of hydrogen-bond donors (Lipinski definition) is 0. The van der Waals surface area contributed by atoms with Crippen LogP contribution < -0.4 is 4.74 Å². The quantitative estimate of drug-likeness (QED) is 0.668. The summed E-state index contributed by atoms with van der Waals surface area (Å²) in [6, 6.07) is 5.73. The number of carbonyl (C=O) groups is 1. The number of Topliss-reactive ketones (excluding diaryl/α,β-unsaturated/α-hetero) is 1. The van der Waals surface area contributed by atoms with Gasteiger partial charge in [-0.2, -0.15) is 5.26 Å². The van der Waals surface area contributed by atoms with Crippen molar-refractivity contribution in [3.63, 3.8) is 0 Å². The molecule has 0 aromatic heterocycles. The predicted octanol–water partition coefficient (Wildman–Crippen LogP) is 5.25. The van der Waals surface area contributed by atoms with Gasteiger partial charge < -0.3 is 4.74 Å². The van der Waals surface area contributed by atoms with Crippen LogP contribution in [-0.4, -0.2) is 12.4 Å². The van der Waals surface area contributed by atoms with Crippen LogP contribution in [-0.2, 0) is 0 Å². The minimum absolute atomic E-state index is 0.147. The molecule has 5 aliphatic carbocycles. The fourth-order valence-corrected chi connectivity index (χ4v) is 6.35. The van der Waals surface area contributed by atoms with Crippen LogP contribution >= 0.6 is 0 Å². The van der Waals surface area contributed by atoms with E-state index in [1.54, 1.807) is 6.07 Å². The highest BCUT2D eigenvalue weighted by Crippen LogP contribution is 2.62. The number of nitriles is 1. The van der Waals surface area contributed by atoms with Gasteiger partial charge in [-0.15, -0.1) is 0 Å². The van der Waals surface area contributed by atoms with Gasteiger partial charge in [-0.05, 0) is 93.1 Å². The van der Waals surface area contributed by atoms with Gasteiger partial charge >= 0.3 is 0 Å². The van der Waals surface area contributed by atoms with E-state index in [1.807, 2.05) is 0 Å². The number of carbonyl (C=O) groups excluding carboxylic acids is 1. The topological polar surface area (TPSA) is 50.1 Å². The first-order valence-corrected chi connectivity index (χ1v) is 10.4. The van der Waals surface area contributed by atoms with Gasteiger partial charge in [0.25, 0.3) is 0 Å². The highest BCUT2D eigenvalue weighted by molar-refractivity contribution is 5.94. The molecular weight excluding hydrogens is 341 g/mol. The number of halogens is 1. The summed E-state index contributed by atoms with van der Waals surface area (Å²) in [5.41, 5.74) is 0.664. The van der Waals surface area contributed by atoms with Crippen LogP contribution in [0.2, 0.25) is 0 Å². The highest BCUT2D eigenvalue weighted by atomic mass is 19.1. The van der Waals surface area contributed by atoms with Crippen molar-refractivity contribution in [2.45, 2.75) is 57.8 Å². The maximum Gasteiger partial charge on any atom is 0.162 e. The lowest BCUT2D eigenvalue weighted by Crippen LogP contribution is -2.54. The molecule has 6 rings (SSSR count). The summed E-state index contributed by atoms with van der Waals surface area (Å²) in [7, 11) is 0. The molecule has 0 heterocycles. The summed E-state index contributed by atoms with van der Waals surface area (Å²) in [5.74, 6) is 2.56. The van der Waals surface area contributed by atoms with Crippen molar-refractivity contribution < 1.29 is 13.9 Å². The van der Waals surface area contributed by atoms with E-state index in [-0.39, 0.29) is 11.3 Å². The van der Waals surface area contributed by atoms with Crippen molar-refractivity contribution in [2.75, 3.05) is 6.61 Å². The van der Waals surface area contributed by atoms with Crippen molar-refractivity contribution >= 4 is 5.78 Å². The Morgan fingerprint density at radius 1 is 1.19 bits per heavy atom. The first kappa shape index (κ1) is 17.2. The van der Waals surface area contributed by atoms with Gasteiger partial charge in [-0.25, -0.2) is 4.39 Å². The third-order valence-corrected chi connectivity index (χ3v) is 7.77. The Morgan fingerprint density at radius 2 is 1.81 bits per heavy atom. The van der Waals surface area contributed by atoms with E-state index in [9.17, 15) is 14.4 Å². The van der Waals surface area contributed by atoms with Crippen molar-refractivity contribution in [3.8, 4) is 11.8 Å². The van der Waals surface area contributed by atoms with Gasteiger partial charge in [0.2, 0.25) is 0 Å². The predicted molar refractivity (Wildman–Crippen MR) is 99.0 cm³/mol. The Bertz CT molecular complexity index is 808. The molecule has 5 saturated carbocycles. The number of hydrogen-bond acceptors (Lipinski definition) is 3. The molecule has 3 nitrogen and oxygen atoms in total. The molecule has 142 valence electrons. The minimum atomic E-state index is -0.516. The fraction of sp³-hybridized carbons (Fsp3) is 0.652. The zero-order valence-electron chi connectivity index (χ0n) is 15.8. The molecule has 5 fully saturated rings. The first-order valence-electron chi connectivity index (χ1n) is 10.4.